The van der Waals surface area contributed by atoms with E-state index in [1.54, 1.807) is 12.1 Å². The minimum absolute atomic E-state index is 0.000728. The number of carbonyl (C=O) groups is 4. The van der Waals surface area contributed by atoms with E-state index in [2.05, 4.69) is 59.3 Å². The van der Waals surface area contributed by atoms with Gasteiger partial charge in [0.15, 0.2) is 0 Å². The average Bonchev–Trinajstić information content (AvgIpc) is 1.62. The molecule has 8 heterocycles. The molecule has 8 aliphatic rings. The summed E-state index contributed by atoms with van der Waals surface area (Å²) in [4.78, 5) is 58.9. The van der Waals surface area contributed by atoms with Crippen LogP contribution < -0.4 is 46.6 Å². The van der Waals surface area contributed by atoms with E-state index in [-0.39, 0.29) is 51.1 Å². The largest absolute Gasteiger partial charge is 0.492 e. The van der Waals surface area contributed by atoms with Gasteiger partial charge in [-0.25, -0.2) is 4.39 Å². The molecule has 0 saturated carbocycles. The number of amides is 4. The van der Waals surface area contributed by atoms with E-state index in [1.807, 2.05) is 159 Å². The maximum Gasteiger partial charge on any atom is 0.226 e. The lowest BCUT2D eigenvalue weighted by atomic mass is 9.74. The summed E-state index contributed by atoms with van der Waals surface area (Å²) < 4.78 is 43.7. The number of benzene rings is 9. The van der Waals surface area contributed by atoms with Crippen LogP contribution in [0.3, 0.4) is 0 Å². The monoisotopic (exact) mass is 1550 g/mol. The van der Waals surface area contributed by atoms with Gasteiger partial charge in [-0.05, 0) is 176 Å². The number of halogens is 2. The molecule has 17 rings (SSSR count). The Morgan fingerprint density at radius 1 is 0.355 bits per heavy atom. The van der Waals surface area contributed by atoms with Crippen LogP contribution in [0.2, 0.25) is 0 Å². The highest BCUT2D eigenvalue weighted by Crippen LogP contribution is 2.50. The summed E-state index contributed by atoms with van der Waals surface area (Å²) >= 11 is 3.47. The third-order valence-electron chi connectivity index (χ3n) is 23.9. The zero-order valence-electron chi connectivity index (χ0n) is 62.9. The standard InChI is InChI=1S/C27H28N2O3.C22H26N2O2.C21H23BrN2O2.C21H23FN2O2/c28-18-21-9-10-25-24(16-21)27(19-31-25)11-13-29(14-12-27)26(30)17-20-5-4-8-23(15-20)32-22-6-2-1-3-7-22;1-16-3-2-4-17(11-16)13-21(25)24-9-7-22(8-10-24)15-26-20-6-5-18(14-23)12-19(20)22;22-17-3-1-2-15(10-17)12-20(25)24-8-6-21(7-9-24)14-26-19-5-4-16(13-23)11-18(19)21;22-17-4-1-15(2-5-17)12-20(25)24-9-7-21(8-10-24)14-26-19-6-3-16(13-23)11-18(19)21/h1-10,15-16H,11-14,17-19,28H2;2-6,11-12H,7-10,13-15,23H2,1H3;1-5,10-11H,6-9,12-14,23H2;1-6,11H,7-10,12-14,23H2. The van der Waals surface area contributed by atoms with Crippen molar-refractivity contribution in [2.75, 3.05) is 78.8 Å². The summed E-state index contributed by atoms with van der Waals surface area (Å²) in [7, 11) is 0. The minimum atomic E-state index is -0.280. The topological polar surface area (TPSA) is 231 Å². The van der Waals surface area contributed by atoms with Gasteiger partial charge in [0.1, 0.15) is 40.3 Å². The summed E-state index contributed by atoms with van der Waals surface area (Å²) in [5.74, 6) is 5.82. The summed E-state index contributed by atoms with van der Waals surface area (Å²) in [6.45, 7) is 13.1. The Kier molecular flexibility index (Phi) is 23.9. The third-order valence-corrected chi connectivity index (χ3v) is 24.4. The van der Waals surface area contributed by atoms with Crippen LogP contribution in [0, 0.1) is 12.7 Å². The van der Waals surface area contributed by atoms with Gasteiger partial charge < -0.3 is 66.2 Å². The lowest BCUT2D eigenvalue weighted by Crippen LogP contribution is -2.46. The molecule has 8 N–H and O–H groups in total. The molecular formula is C91H100BrFN8O9. The maximum absolute atomic E-state index is 13.0. The van der Waals surface area contributed by atoms with Crippen LogP contribution in [-0.4, -0.2) is 122 Å². The van der Waals surface area contributed by atoms with Crippen LogP contribution in [-0.2, 0) is 92.7 Å². The first kappa shape index (κ1) is 76.9. The van der Waals surface area contributed by atoms with Crippen LogP contribution in [0.25, 0.3) is 0 Å². The Morgan fingerprint density at radius 2 is 0.664 bits per heavy atom. The van der Waals surface area contributed by atoms with Crippen molar-refractivity contribution < 1.29 is 47.3 Å². The van der Waals surface area contributed by atoms with Crippen molar-refractivity contribution in [1.82, 2.24) is 19.6 Å². The Bertz CT molecular complexity index is 4620. The lowest BCUT2D eigenvalue weighted by molar-refractivity contribution is -0.133. The molecule has 4 fully saturated rings. The number of nitrogens with two attached hydrogens (primary N) is 4. The van der Waals surface area contributed by atoms with E-state index in [4.69, 9.17) is 46.6 Å². The van der Waals surface area contributed by atoms with Crippen LogP contribution in [0.1, 0.15) is 124 Å². The first-order valence-corrected chi connectivity index (χ1v) is 39.6. The van der Waals surface area contributed by atoms with Crippen molar-refractivity contribution in [3.05, 3.63) is 283 Å². The second kappa shape index (κ2) is 34.2. The van der Waals surface area contributed by atoms with Crippen LogP contribution in [0.15, 0.2) is 205 Å². The van der Waals surface area contributed by atoms with Gasteiger partial charge in [-0.3, -0.25) is 19.2 Å². The van der Waals surface area contributed by atoms with Gasteiger partial charge >= 0.3 is 0 Å². The van der Waals surface area contributed by atoms with E-state index in [9.17, 15) is 23.6 Å². The SMILES string of the molecule is Cc1cccc(CC(=O)N2CCC3(CC2)COc2ccc(CN)cc23)c1.NCc1ccc2c(c1)C1(CCN(C(=O)Cc3ccc(F)cc3)CC1)CO2.NCc1ccc2c(c1)C1(CCN(C(=O)Cc3cccc(Br)c3)CC1)CO2.NCc1ccc2c(c1)C1(CCN(C(=O)Cc3cccc(Oc4ccccc4)c3)CC1)CO2. The highest BCUT2D eigenvalue weighted by Gasteiger charge is 2.48. The minimum Gasteiger partial charge on any atom is -0.492 e. The molecule has 0 aliphatic carbocycles. The normalized spacial score (nSPS) is 17.4. The van der Waals surface area contributed by atoms with Gasteiger partial charge in [0.25, 0.3) is 0 Å². The summed E-state index contributed by atoms with van der Waals surface area (Å²) in [6.07, 6.45) is 9.04. The fourth-order valence-electron chi connectivity index (χ4n) is 17.1. The summed E-state index contributed by atoms with van der Waals surface area (Å²) in [5, 5.41) is 0. The number of piperidine rings is 4. The Labute approximate surface area is 653 Å². The molecule has 9 aromatic carbocycles. The first-order valence-electron chi connectivity index (χ1n) is 38.8. The predicted molar refractivity (Wildman–Crippen MR) is 429 cm³/mol. The molecule has 4 saturated heterocycles. The molecular weight excluding hydrogens is 1450 g/mol. The number of fused-ring (bicyclic) bond motifs is 8. The fraction of sp³-hybridized carbons (Fsp3) is 0.363. The molecule has 110 heavy (non-hydrogen) atoms. The molecule has 8 aliphatic heterocycles. The fourth-order valence-corrected chi connectivity index (χ4v) is 17.6. The van der Waals surface area contributed by atoms with Crippen molar-refractivity contribution in [3.63, 3.8) is 0 Å². The average molecular weight is 1550 g/mol. The number of carbonyl (C=O) groups excluding carboxylic acids is 4. The maximum atomic E-state index is 13.0. The molecule has 19 heteroatoms. The van der Waals surface area contributed by atoms with Crippen molar-refractivity contribution >= 4 is 39.6 Å². The number of aryl methyl sites for hydroxylation is 1. The molecule has 0 radical (unpaired) electrons. The van der Waals surface area contributed by atoms with Gasteiger partial charge in [-0.1, -0.05) is 149 Å². The Balaban J connectivity index is 0.000000123. The van der Waals surface area contributed by atoms with Crippen LogP contribution in [0.4, 0.5) is 4.39 Å². The van der Waals surface area contributed by atoms with Gasteiger partial charge in [-0.2, -0.15) is 0 Å². The lowest BCUT2D eigenvalue weighted by Gasteiger charge is -2.38. The van der Waals surface area contributed by atoms with Crippen molar-refractivity contribution in [3.8, 4) is 34.5 Å². The third kappa shape index (κ3) is 17.5. The quantitative estimate of drug-likeness (QED) is 0.0795. The zero-order valence-corrected chi connectivity index (χ0v) is 64.5. The second-order valence-corrected chi connectivity index (χ2v) is 31.9. The van der Waals surface area contributed by atoms with Crippen LogP contribution >= 0.6 is 15.9 Å². The molecule has 0 atom stereocenters. The van der Waals surface area contributed by atoms with Crippen molar-refractivity contribution in [2.24, 2.45) is 22.9 Å². The summed E-state index contributed by atoms with van der Waals surface area (Å²) in [6, 6.07) is 64.8. The van der Waals surface area contributed by atoms with Gasteiger partial charge in [0.05, 0.1) is 52.1 Å². The molecule has 0 unspecified atom stereocenters. The van der Waals surface area contributed by atoms with E-state index in [1.165, 1.54) is 39.9 Å². The Morgan fingerprint density at radius 3 is 1.01 bits per heavy atom. The number of rotatable bonds is 14. The predicted octanol–water partition coefficient (Wildman–Crippen LogP) is 13.6. The van der Waals surface area contributed by atoms with Crippen molar-refractivity contribution in [2.45, 2.75) is 132 Å². The Hall–Kier alpha value is -9.89. The smallest absolute Gasteiger partial charge is 0.226 e. The highest BCUT2D eigenvalue weighted by atomic mass is 79.9. The second-order valence-electron chi connectivity index (χ2n) is 31.0. The number of para-hydroxylation sites is 1. The molecule has 4 amide bonds. The number of nitrogens with zero attached hydrogens (tertiary/aromatic N) is 4. The van der Waals surface area contributed by atoms with E-state index < -0.39 is 0 Å². The van der Waals surface area contributed by atoms with Gasteiger partial charge in [0, 0.05) is 127 Å². The molecule has 0 aromatic heterocycles. The zero-order chi connectivity index (χ0) is 76.4. The molecule has 4 spiro atoms. The van der Waals surface area contributed by atoms with Crippen LogP contribution in [0.5, 0.6) is 34.5 Å². The van der Waals surface area contributed by atoms with E-state index in [0.29, 0.717) is 71.7 Å². The molecule has 572 valence electrons. The van der Waals surface area contributed by atoms with Crippen molar-refractivity contribution in [1.29, 1.82) is 0 Å². The number of likely N-dealkylation sites (tertiary alicyclic amines) is 4. The van der Waals surface area contributed by atoms with E-state index >= 15 is 0 Å². The molecule has 9 aromatic rings. The highest BCUT2D eigenvalue weighted by molar-refractivity contribution is 9.10. The van der Waals surface area contributed by atoms with Gasteiger partial charge in [-0.15, -0.1) is 0 Å². The van der Waals surface area contributed by atoms with Gasteiger partial charge in [0.2, 0.25) is 23.6 Å². The van der Waals surface area contributed by atoms with E-state index in [0.717, 1.165) is 194 Å². The molecule has 0 bridgehead atoms. The number of ether oxygens (including phenoxy) is 5. The number of hydrogen-bond donors (Lipinski definition) is 4. The molecule has 17 nitrogen and oxygen atoms in total. The summed E-state index contributed by atoms with van der Waals surface area (Å²) in [5.41, 5.74) is 38.1. The number of hydrogen-bond acceptors (Lipinski definition) is 13. The first-order chi connectivity index (χ1) is 53.4.